The lowest BCUT2D eigenvalue weighted by molar-refractivity contribution is 0.171. The number of unbranched alkanes of at least 4 members (excludes halogenated alkanes) is 1. The normalized spacial score (nSPS) is 20.7. The molecule has 160 valence electrons. The Morgan fingerprint density at radius 3 is 2.77 bits per heavy atom. The molecule has 1 unspecified atom stereocenters. The van der Waals surface area contributed by atoms with Crippen LogP contribution in [0.4, 0.5) is 15.8 Å². The van der Waals surface area contributed by atoms with Gasteiger partial charge >= 0.3 is 0 Å². The molecule has 0 aliphatic carbocycles. The number of benzene rings is 2. The summed E-state index contributed by atoms with van der Waals surface area (Å²) in [5, 5.41) is 3.41. The SMILES string of the molecule is Fc1ccc2c(c1)C(CCCCN1CCN(c3cccc4c3OCCO4)CC1)CN2. The van der Waals surface area contributed by atoms with Crippen molar-refractivity contribution in [2.75, 3.05) is 62.7 Å². The lowest BCUT2D eigenvalue weighted by Crippen LogP contribution is -2.46. The Labute approximate surface area is 177 Å². The van der Waals surface area contributed by atoms with Crippen LogP contribution in [-0.2, 0) is 0 Å². The zero-order valence-corrected chi connectivity index (χ0v) is 17.4. The van der Waals surface area contributed by atoms with Crippen molar-refractivity contribution in [1.82, 2.24) is 4.90 Å². The molecular weight excluding hydrogens is 381 g/mol. The number of piperazine rings is 1. The van der Waals surface area contributed by atoms with E-state index in [-0.39, 0.29) is 5.82 Å². The van der Waals surface area contributed by atoms with Gasteiger partial charge in [0.05, 0.1) is 5.69 Å². The summed E-state index contributed by atoms with van der Waals surface area (Å²) in [6, 6.07) is 11.3. The maximum Gasteiger partial charge on any atom is 0.184 e. The maximum atomic E-state index is 13.6. The lowest BCUT2D eigenvalue weighted by atomic mass is 9.95. The number of nitrogens with one attached hydrogen (secondary N) is 1. The molecule has 0 bridgehead atoms. The summed E-state index contributed by atoms with van der Waals surface area (Å²) >= 11 is 0. The predicted octanol–water partition coefficient (Wildman–Crippen LogP) is 4.10. The monoisotopic (exact) mass is 411 g/mol. The van der Waals surface area contributed by atoms with Gasteiger partial charge in [-0.3, -0.25) is 4.90 Å². The molecule has 0 radical (unpaired) electrons. The first kappa shape index (κ1) is 19.5. The molecule has 3 aliphatic rings. The minimum atomic E-state index is -0.128. The standard InChI is InChI=1S/C24H30FN3O2/c25-19-7-8-21-20(16-19)18(17-26-21)4-1-2-9-27-10-12-28(13-11-27)22-5-3-6-23-24(22)30-15-14-29-23/h3,5-8,16,18,26H,1-2,4,9-15,17H2. The molecule has 1 fully saturated rings. The average Bonchev–Trinajstić information content (AvgIpc) is 3.19. The Balaban J connectivity index is 1.07. The number of anilines is 2. The largest absolute Gasteiger partial charge is 0.486 e. The van der Waals surface area contributed by atoms with Gasteiger partial charge < -0.3 is 19.7 Å². The molecule has 0 amide bonds. The second-order valence-electron chi connectivity index (χ2n) is 8.44. The van der Waals surface area contributed by atoms with Crippen LogP contribution in [-0.4, -0.2) is 57.4 Å². The second kappa shape index (κ2) is 8.72. The molecule has 5 rings (SSSR count). The van der Waals surface area contributed by atoms with Gasteiger partial charge in [-0.1, -0.05) is 12.5 Å². The first-order chi connectivity index (χ1) is 14.8. The predicted molar refractivity (Wildman–Crippen MR) is 118 cm³/mol. The van der Waals surface area contributed by atoms with E-state index in [1.54, 1.807) is 6.07 Å². The first-order valence-corrected chi connectivity index (χ1v) is 11.2. The van der Waals surface area contributed by atoms with E-state index in [2.05, 4.69) is 27.2 Å². The quantitative estimate of drug-likeness (QED) is 0.725. The molecule has 30 heavy (non-hydrogen) atoms. The summed E-state index contributed by atoms with van der Waals surface area (Å²) in [5.74, 6) is 2.08. The molecular formula is C24H30FN3O2. The molecule has 3 aliphatic heterocycles. The highest BCUT2D eigenvalue weighted by atomic mass is 19.1. The smallest absolute Gasteiger partial charge is 0.184 e. The highest BCUT2D eigenvalue weighted by molar-refractivity contribution is 5.65. The van der Waals surface area contributed by atoms with Crippen molar-refractivity contribution < 1.29 is 13.9 Å². The Hall–Kier alpha value is -2.47. The van der Waals surface area contributed by atoms with Crippen molar-refractivity contribution in [3.8, 4) is 11.5 Å². The highest BCUT2D eigenvalue weighted by Crippen LogP contribution is 2.40. The van der Waals surface area contributed by atoms with Crippen LogP contribution in [0, 0.1) is 5.82 Å². The lowest BCUT2D eigenvalue weighted by Gasteiger charge is -2.37. The molecule has 2 aromatic carbocycles. The van der Waals surface area contributed by atoms with Crippen LogP contribution in [0.2, 0.25) is 0 Å². The van der Waals surface area contributed by atoms with Gasteiger partial charge in [-0.05, 0) is 55.3 Å². The van der Waals surface area contributed by atoms with Gasteiger partial charge in [0.25, 0.3) is 0 Å². The summed E-state index contributed by atoms with van der Waals surface area (Å²) in [5.41, 5.74) is 3.42. The van der Waals surface area contributed by atoms with E-state index in [9.17, 15) is 4.39 Å². The van der Waals surface area contributed by atoms with Gasteiger partial charge in [0, 0.05) is 44.3 Å². The Kier molecular flexibility index (Phi) is 5.67. The second-order valence-corrected chi connectivity index (χ2v) is 8.44. The molecule has 3 heterocycles. The number of halogens is 1. The van der Waals surface area contributed by atoms with Gasteiger partial charge in [-0.2, -0.15) is 0 Å². The molecule has 1 atom stereocenters. The third-order valence-electron chi connectivity index (χ3n) is 6.53. The van der Waals surface area contributed by atoms with E-state index < -0.39 is 0 Å². The van der Waals surface area contributed by atoms with E-state index in [0.717, 1.165) is 74.1 Å². The summed E-state index contributed by atoms with van der Waals surface area (Å²) in [6.07, 6.45) is 3.50. The highest BCUT2D eigenvalue weighted by Gasteiger charge is 2.24. The van der Waals surface area contributed by atoms with Gasteiger partial charge in [-0.25, -0.2) is 4.39 Å². The maximum absolute atomic E-state index is 13.6. The molecule has 0 spiro atoms. The van der Waals surface area contributed by atoms with Crippen molar-refractivity contribution in [2.24, 2.45) is 0 Å². The number of para-hydroxylation sites is 1. The molecule has 6 heteroatoms. The molecule has 1 saturated heterocycles. The molecule has 5 nitrogen and oxygen atoms in total. The van der Waals surface area contributed by atoms with Crippen molar-refractivity contribution in [2.45, 2.75) is 25.2 Å². The Morgan fingerprint density at radius 2 is 1.87 bits per heavy atom. The number of ether oxygens (including phenoxy) is 2. The number of rotatable bonds is 6. The van der Waals surface area contributed by atoms with Crippen LogP contribution in [0.5, 0.6) is 11.5 Å². The van der Waals surface area contributed by atoms with Crippen molar-refractivity contribution in [1.29, 1.82) is 0 Å². The van der Waals surface area contributed by atoms with Crippen LogP contribution in [0.25, 0.3) is 0 Å². The van der Waals surface area contributed by atoms with Crippen LogP contribution in [0.3, 0.4) is 0 Å². The number of hydrogen-bond donors (Lipinski definition) is 1. The third-order valence-corrected chi connectivity index (χ3v) is 6.53. The van der Waals surface area contributed by atoms with E-state index in [1.807, 2.05) is 12.1 Å². The zero-order valence-electron chi connectivity index (χ0n) is 17.4. The topological polar surface area (TPSA) is 37.0 Å². The van der Waals surface area contributed by atoms with Crippen molar-refractivity contribution in [3.63, 3.8) is 0 Å². The molecule has 0 aromatic heterocycles. The van der Waals surface area contributed by atoms with E-state index in [0.29, 0.717) is 19.1 Å². The van der Waals surface area contributed by atoms with Gasteiger partial charge in [0.15, 0.2) is 11.5 Å². The van der Waals surface area contributed by atoms with Crippen molar-refractivity contribution in [3.05, 3.63) is 47.8 Å². The van der Waals surface area contributed by atoms with Crippen molar-refractivity contribution >= 4 is 11.4 Å². The van der Waals surface area contributed by atoms with Crippen LogP contribution in [0.1, 0.15) is 30.7 Å². The summed E-state index contributed by atoms with van der Waals surface area (Å²) in [4.78, 5) is 4.98. The minimum absolute atomic E-state index is 0.128. The fraction of sp³-hybridized carbons (Fsp3) is 0.500. The van der Waals surface area contributed by atoms with Crippen LogP contribution >= 0.6 is 0 Å². The number of nitrogens with zero attached hydrogens (tertiary/aromatic N) is 2. The summed E-state index contributed by atoms with van der Waals surface area (Å²) in [6.45, 7) is 7.49. The fourth-order valence-corrected chi connectivity index (χ4v) is 4.88. The van der Waals surface area contributed by atoms with E-state index in [1.165, 1.54) is 18.9 Å². The third kappa shape index (κ3) is 4.06. The van der Waals surface area contributed by atoms with E-state index in [4.69, 9.17) is 9.47 Å². The molecule has 1 N–H and O–H groups in total. The van der Waals surface area contributed by atoms with E-state index >= 15 is 0 Å². The van der Waals surface area contributed by atoms with Crippen LogP contribution in [0.15, 0.2) is 36.4 Å². The molecule has 2 aromatic rings. The number of fused-ring (bicyclic) bond motifs is 2. The zero-order chi connectivity index (χ0) is 20.3. The Bertz CT molecular complexity index is 883. The summed E-state index contributed by atoms with van der Waals surface area (Å²) < 4.78 is 25.2. The van der Waals surface area contributed by atoms with Gasteiger partial charge in [-0.15, -0.1) is 0 Å². The van der Waals surface area contributed by atoms with Gasteiger partial charge in [0.1, 0.15) is 19.0 Å². The fourth-order valence-electron chi connectivity index (χ4n) is 4.88. The van der Waals surface area contributed by atoms with Gasteiger partial charge in [0.2, 0.25) is 0 Å². The Morgan fingerprint density at radius 1 is 1.00 bits per heavy atom. The minimum Gasteiger partial charge on any atom is -0.486 e. The van der Waals surface area contributed by atoms with Crippen LogP contribution < -0.4 is 19.7 Å². The first-order valence-electron chi connectivity index (χ1n) is 11.2. The summed E-state index contributed by atoms with van der Waals surface area (Å²) in [7, 11) is 0. The average molecular weight is 412 g/mol. The molecule has 0 saturated carbocycles. The number of hydrogen-bond acceptors (Lipinski definition) is 5.